The Morgan fingerprint density at radius 3 is 2.40 bits per heavy atom. The van der Waals surface area contributed by atoms with Gasteiger partial charge in [0.25, 0.3) is 0 Å². The van der Waals surface area contributed by atoms with Gasteiger partial charge in [0.05, 0.1) is 12.0 Å². The minimum atomic E-state index is -0.705. The van der Waals surface area contributed by atoms with E-state index >= 15 is 0 Å². The van der Waals surface area contributed by atoms with Gasteiger partial charge in [0.2, 0.25) is 0 Å². The number of carbonyl (C=O) groups is 1. The van der Waals surface area contributed by atoms with Crippen molar-refractivity contribution in [1.82, 2.24) is 0 Å². The monoisotopic (exact) mass is 278 g/mol. The summed E-state index contributed by atoms with van der Waals surface area (Å²) in [4.78, 5) is 10.9. The zero-order chi connectivity index (χ0) is 14.8. The third-order valence-corrected chi connectivity index (χ3v) is 3.53. The summed E-state index contributed by atoms with van der Waals surface area (Å²) in [6.45, 7) is 5.03. The molecule has 0 heterocycles. The van der Waals surface area contributed by atoms with Crippen LogP contribution in [-0.2, 0) is 16.1 Å². The Labute approximate surface area is 122 Å². The number of hydrogen-bond donors (Lipinski definition) is 1. The Hall–Kier alpha value is -1.35. The van der Waals surface area contributed by atoms with E-state index < -0.39 is 11.4 Å². The highest BCUT2D eigenvalue weighted by Crippen LogP contribution is 2.23. The van der Waals surface area contributed by atoms with E-state index in [1.165, 1.54) is 5.56 Å². The molecule has 0 saturated heterocycles. The van der Waals surface area contributed by atoms with Gasteiger partial charge in [-0.1, -0.05) is 49.6 Å². The van der Waals surface area contributed by atoms with E-state index in [0.29, 0.717) is 6.61 Å². The van der Waals surface area contributed by atoms with E-state index in [1.807, 2.05) is 18.2 Å². The molecule has 112 valence electrons. The topological polar surface area (TPSA) is 46.5 Å². The molecule has 0 saturated carbocycles. The van der Waals surface area contributed by atoms with E-state index in [2.05, 4.69) is 12.1 Å². The number of carboxylic acid groups (broad SMARTS) is 1. The summed E-state index contributed by atoms with van der Waals surface area (Å²) in [5.74, 6) is -0.705. The molecule has 0 spiro atoms. The van der Waals surface area contributed by atoms with Crippen molar-refractivity contribution in [2.24, 2.45) is 5.41 Å². The molecular weight excluding hydrogens is 252 g/mol. The fourth-order valence-electron chi connectivity index (χ4n) is 2.00. The van der Waals surface area contributed by atoms with Crippen LogP contribution in [0, 0.1) is 5.41 Å². The minimum Gasteiger partial charge on any atom is -0.481 e. The number of hydrogen-bond acceptors (Lipinski definition) is 2. The van der Waals surface area contributed by atoms with Gasteiger partial charge >= 0.3 is 5.97 Å². The minimum absolute atomic E-state index is 0.593. The third-order valence-electron chi connectivity index (χ3n) is 3.53. The van der Waals surface area contributed by atoms with Gasteiger partial charge in [-0.2, -0.15) is 0 Å². The highest BCUT2D eigenvalue weighted by molar-refractivity contribution is 5.73. The lowest BCUT2D eigenvalue weighted by Crippen LogP contribution is -2.23. The molecule has 20 heavy (non-hydrogen) atoms. The maximum Gasteiger partial charge on any atom is 0.309 e. The lowest BCUT2D eigenvalue weighted by atomic mass is 9.87. The molecule has 1 aromatic carbocycles. The van der Waals surface area contributed by atoms with E-state index in [-0.39, 0.29) is 0 Å². The van der Waals surface area contributed by atoms with Gasteiger partial charge in [0, 0.05) is 6.61 Å². The Morgan fingerprint density at radius 2 is 1.75 bits per heavy atom. The summed E-state index contributed by atoms with van der Waals surface area (Å²) < 4.78 is 5.61. The number of rotatable bonds is 10. The summed E-state index contributed by atoms with van der Waals surface area (Å²) in [5.41, 5.74) is 0.611. The van der Waals surface area contributed by atoms with Crippen LogP contribution < -0.4 is 0 Å². The van der Waals surface area contributed by atoms with Crippen molar-refractivity contribution in [3.8, 4) is 0 Å². The summed E-state index contributed by atoms with van der Waals surface area (Å²) in [5, 5.41) is 9.00. The van der Waals surface area contributed by atoms with Gasteiger partial charge in [-0.15, -0.1) is 0 Å². The van der Waals surface area contributed by atoms with Crippen LogP contribution in [0.25, 0.3) is 0 Å². The molecule has 1 rings (SSSR count). The molecule has 0 fully saturated rings. The molecular formula is C17H26O3. The zero-order valence-electron chi connectivity index (χ0n) is 12.6. The van der Waals surface area contributed by atoms with Crippen molar-refractivity contribution in [3.63, 3.8) is 0 Å². The van der Waals surface area contributed by atoms with E-state index in [4.69, 9.17) is 9.84 Å². The van der Waals surface area contributed by atoms with Crippen molar-refractivity contribution in [2.75, 3.05) is 6.61 Å². The van der Waals surface area contributed by atoms with Crippen LogP contribution >= 0.6 is 0 Å². The average Bonchev–Trinajstić information content (AvgIpc) is 2.42. The van der Waals surface area contributed by atoms with Crippen molar-refractivity contribution in [2.45, 2.75) is 52.6 Å². The molecule has 1 N–H and O–H groups in total. The molecule has 3 nitrogen and oxygen atoms in total. The molecule has 0 radical (unpaired) electrons. The van der Waals surface area contributed by atoms with Crippen molar-refractivity contribution in [3.05, 3.63) is 35.9 Å². The zero-order valence-corrected chi connectivity index (χ0v) is 12.6. The number of carboxylic acids is 1. The predicted molar refractivity (Wildman–Crippen MR) is 80.6 cm³/mol. The summed E-state index contributed by atoms with van der Waals surface area (Å²) in [6.07, 6.45) is 4.93. The van der Waals surface area contributed by atoms with E-state index in [0.717, 1.165) is 38.7 Å². The van der Waals surface area contributed by atoms with Crippen molar-refractivity contribution in [1.29, 1.82) is 0 Å². The van der Waals surface area contributed by atoms with Gasteiger partial charge in [0.15, 0.2) is 0 Å². The molecule has 0 aromatic heterocycles. The van der Waals surface area contributed by atoms with Gasteiger partial charge < -0.3 is 9.84 Å². The van der Waals surface area contributed by atoms with Gasteiger partial charge in [-0.25, -0.2) is 0 Å². The van der Waals surface area contributed by atoms with E-state index in [1.54, 1.807) is 13.8 Å². The maximum atomic E-state index is 10.9. The second-order valence-electron chi connectivity index (χ2n) is 5.89. The average molecular weight is 278 g/mol. The third kappa shape index (κ3) is 6.71. The fourth-order valence-corrected chi connectivity index (χ4v) is 2.00. The normalized spacial score (nSPS) is 11.5. The van der Waals surface area contributed by atoms with Gasteiger partial charge in [-0.3, -0.25) is 4.79 Å². The lowest BCUT2D eigenvalue weighted by molar-refractivity contribution is -0.147. The van der Waals surface area contributed by atoms with Crippen LogP contribution in [0.5, 0.6) is 0 Å². The molecule has 0 bridgehead atoms. The molecule has 0 aliphatic rings. The second-order valence-corrected chi connectivity index (χ2v) is 5.89. The quantitative estimate of drug-likeness (QED) is 0.650. The predicted octanol–water partition coefficient (Wildman–Crippen LogP) is 4.26. The van der Waals surface area contributed by atoms with Crippen LogP contribution in [0.1, 0.15) is 51.5 Å². The second kappa shape index (κ2) is 8.75. The largest absolute Gasteiger partial charge is 0.481 e. The van der Waals surface area contributed by atoms with Gasteiger partial charge in [0.1, 0.15) is 0 Å². The summed E-state index contributed by atoms with van der Waals surface area (Å²) in [6, 6.07) is 10.2. The molecule has 3 heteroatoms. The summed E-state index contributed by atoms with van der Waals surface area (Å²) in [7, 11) is 0. The molecule has 1 aromatic rings. The first-order valence-corrected chi connectivity index (χ1v) is 7.37. The summed E-state index contributed by atoms with van der Waals surface area (Å²) >= 11 is 0. The van der Waals surface area contributed by atoms with Crippen molar-refractivity contribution >= 4 is 5.97 Å². The SMILES string of the molecule is CC(C)(CCCCCCOCc1ccccc1)C(=O)O. The number of benzene rings is 1. The molecule has 0 amide bonds. The smallest absolute Gasteiger partial charge is 0.309 e. The first-order chi connectivity index (χ1) is 9.52. The first kappa shape index (κ1) is 16.7. The standard InChI is InChI=1S/C17H26O3/c1-17(2,16(18)19)12-8-3-4-9-13-20-14-15-10-6-5-7-11-15/h5-7,10-11H,3-4,8-9,12-14H2,1-2H3,(H,18,19). The highest BCUT2D eigenvalue weighted by Gasteiger charge is 2.25. The maximum absolute atomic E-state index is 10.9. The highest BCUT2D eigenvalue weighted by atomic mass is 16.5. The molecule has 0 unspecified atom stereocenters. The van der Waals surface area contributed by atoms with E-state index in [9.17, 15) is 4.79 Å². The van der Waals surface area contributed by atoms with Crippen LogP contribution in [0.3, 0.4) is 0 Å². The van der Waals surface area contributed by atoms with Crippen molar-refractivity contribution < 1.29 is 14.6 Å². The van der Waals surface area contributed by atoms with Crippen LogP contribution in [0.15, 0.2) is 30.3 Å². The lowest BCUT2D eigenvalue weighted by Gasteiger charge is -2.18. The number of aliphatic carboxylic acids is 1. The Kier molecular flexibility index (Phi) is 7.31. The Morgan fingerprint density at radius 1 is 1.10 bits per heavy atom. The van der Waals surface area contributed by atoms with Gasteiger partial charge in [-0.05, 0) is 32.3 Å². The Bertz CT molecular complexity index is 384. The number of ether oxygens (including phenoxy) is 1. The first-order valence-electron chi connectivity index (χ1n) is 7.37. The number of unbranched alkanes of at least 4 members (excludes halogenated alkanes) is 3. The Balaban J connectivity index is 1.97. The fraction of sp³-hybridized carbons (Fsp3) is 0.588. The van der Waals surface area contributed by atoms with Crippen LogP contribution in [-0.4, -0.2) is 17.7 Å². The molecule has 0 aliphatic carbocycles. The molecule has 0 aliphatic heterocycles. The van der Waals surface area contributed by atoms with Crippen LogP contribution in [0.2, 0.25) is 0 Å². The van der Waals surface area contributed by atoms with Crippen LogP contribution in [0.4, 0.5) is 0 Å². The molecule has 0 atom stereocenters.